The number of aldehydes is 2. The molecule has 0 fully saturated rings. The molecule has 0 amide bonds. The molecule has 0 saturated heterocycles. The molecule has 128 valence electrons. The Hall–Kier alpha value is -0.870. The van der Waals surface area contributed by atoms with Crippen LogP contribution >= 0.6 is 23.2 Å². The zero-order chi connectivity index (χ0) is 17.8. The molecule has 0 bridgehead atoms. The van der Waals surface area contributed by atoms with Gasteiger partial charge in [0.05, 0.1) is 0 Å². The van der Waals surface area contributed by atoms with Crippen LogP contribution in [0.5, 0.6) is 0 Å². The Balaban J connectivity index is 0. The number of nitrogens with one attached hydrogen (secondary N) is 1. The van der Waals surface area contributed by atoms with Gasteiger partial charge in [-0.1, -0.05) is 64.7 Å². The average Bonchev–Trinajstić information content (AvgIpc) is 2.97. The molecule has 6 heteroatoms. The minimum absolute atomic E-state index is 0.0247. The molecule has 22 heavy (non-hydrogen) atoms. The van der Waals surface area contributed by atoms with Gasteiger partial charge in [-0.05, 0) is 11.8 Å². The molecule has 0 aromatic carbocycles. The molecule has 0 spiro atoms. The van der Waals surface area contributed by atoms with Gasteiger partial charge < -0.3 is 14.6 Å². The molecule has 1 N–H and O–H groups in total. The Morgan fingerprint density at radius 3 is 1.86 bits per heavy atom. The fourth-order valence-corrected chi connectivity index (χ4v) is 0.988. The SMILES string of the molecule is CC(C)C(Cl)(Cl)C=O.CCC=O.CCc1ncc(C(C)C)[nH]1. The quantitative estimate of drug-likeness (QED) is 0.617. The third-order valence-corrected chi connectivity index (χ3v) is 3.75. The smallest absolute Gasteiger partial charge is 0.175 e. The number of H-pyrrole nitrogens is 1. The van der Waals surface area contributed by atoms with E-state index in [-0.39, 0.29) is 5.92 Å². The molecule has 1 rings (SSSR count). The van der Waals surface area contributed by atoms with Crippen LogP contribution < -0.4 is 0 Å². The molecule has 0 saturated carbocycles. The Labute approximate surface area is 144 Å². The first kappa shape index (κ1) is 23.4. The van der Waals surface area contributed by atoms with Crippen LogP contribution in [0.4, 0.5) is 0 Å². The Morgan fingerprint density at radius 1 is 1.23 bits per heavy atom. The molecule has 1 aromatic rings. The van der Waals surface area contributed by atoms with Gasteiger partial charge in [0, 0.05) is 24.7 Å². The van der Waals surface area contributed by atoms with E-state index in [0.29, 0.717) is 18.6 Å². The third kappa shape index (κ3) is 10.8. The van der Waals surface area contributed by atoms with Crippen LogP contribution in [-0.2, 0) is 16.0 Å². The molecule has 0 aliphatic rings. The van der Waals surface area contributed by atoms with Gasteiger partial charge in [0.25, 0.3) is 0 Å². The molecular formula is C16H28Cl2N2O2. The number of imidazole rings is 1. The summed E-state index contributed by atoms with van der Waals surface area (Å²) in [6, 6.07) is 0. The lowest BCUT2D eigenvalue weighted by atomic mass is 10.1. The van der Waals surface area contributed by atoms with Crippen molar-refractivity contribution >= 4 is 35.8 Å². The van der Waals surface area contributed by atoms with Crippen molar-refractivity contribution in [1.82, 2.24) is 9.97 Å². The van der Waals surface area contributed by atoms with E-state index in [1.54, 1.807) is 13.8 Å². The summed E-state index contributed by atoms with van der Waals surface area (Å²) in [6.45, 7) is 11.8. The second kappa shape index (κ2) is 12.7. The Kier molecular flexibility index (Phi) is 13.5. The van der Waals surface area contributed by atoms with Gasteiger partial charge in [0.1, 0.15) is 12.1 Å². The highest BCUT2D eigenvalue weighted by Gasteiger charge is 2.26. The maximum absolute atomic E-state index is 10.0. The molecule has 1 aromatic heterocycles. The summed E-state index contributed by atoms with van der Waals surface area (Å²) in [6.07, 6.45) is 4.97. The predicted molar refractivity (Wildman–Crippen MR) is 93.7 cm³/mol. The molecule has 0 aliphatic heterocycles. The van der Waals surface area contributed by atoms with E-state index in [2.05, 4.69) is 30.7 Å². The molecule has 4 nitrogen and oxygen atoms in total. The minimum Gasteiger partial charge on any atom is -0.346 e. The summed E-state index contributed by atoms with van der Waals surface area (Å²) in [5.74, 6) is 1.62. The van der Waals surface area contributed by atoms with Crippen molar-refractivity contribution in [3.63, 3.8) is 0 Å². The minimum atomic E-state index is -1.19. The van der Waals surface area contributed by atoms with Gasteiger partial charge in [-0.25, -0.2) is 4.98 Å². The van der Waals surface area contributed by atoms with E-state index in [1.165, 1.54) is 5.69 Å². The van der Waals surface area contributed by atoms with Gasteiger partial charge >= 0.3 is 0 Å². The van der Waals surface area contributed by atoms with Crippen molar-refractivity contribution < 1.29 is 9.59 Å². The van der Waals surface area contributed by atoms with Crippen LogP contribution in [-0.4, -0.2) is 26.9 Å². The van der Waals surface area contributed by atoms with Crippen molar-refractivity contribution in [2.45, 2.75) is 64.6 Å². The van der Waals surface area contributed by atoms with Gasteiger partial charge in [-0.2, -0.15) is 0 Å². The maximum Gasteiger partial charge on any atom is 0.175 e. The first-order chi connectivity index (χ1) is 10.2. The molecule has 0 atom stereocenters. The standard InChI is InChI=1S/C8H14N2.C5H8Cl2O.C3H6O/c1-4-8-9-5-7(10-8)6(2)3;1-4(2)5(6,7)3-8;1-2-3-4/h5-6H,4H2,1-3H3,(H,9,10);3-4H,1-2H3;3H,2H2,1H3. The zero-order valence-corrected chi connectivity index (χ0v) is 15.8. The molecular weight excluding hydrogens is 323 g/mol. The van der Waals surface area contributed by atoms with Crippen molar-refractivity contribution in [1.29, 1.82) is 0 Å². The number of carbonyl (C=O) groups excluding carboxylic acids is 2. The van der Waals surface area contributed by atoms with Crippen molar-refractivity contribution in [2.75, 3.05) is 0 Å². The number of halogens is 2. The molecule has 0 radical (unpaired) electrons. The number of aromatic nitrogens is 2. The topological polar surface area (TPSA) is 62.8 Å². The first-order valence-electron chi connectivity index (χ1n) is 7.47. The van der Waals surface area contributed by atoms with Gasteiger partial charge in [-0.3, -0.25) is 0 Å². The third-order valence-electron chi connectivity index (χ3n) is 2.70. The summed E-state index contributed by atoms with van der Waals surface area (Å²) in [5.41, 5.74) is 1.23. The summed E-state index contributed by atoms with van der Waals surface area (Å²) in [5, 5.41) is 0. The zero-order valence-electron chi connectivity index (χ0n) is 14.3. The second-order valence-corrected chi connectivity index (χ2v) is 6.76. The van der Waals surface area contributed by atoms with Crippen LogP contribution in [0.25, 0.3) is 0 Å². The lowest BCUT2D eigenvalue weighted by molar-refractivity contribution is -0.109. The first-order valence-corrected chi connectivity index (χ1v) is 8.23. The van der Waals surface area contributed by atoms with E-state index in [1.807, 2.05) is 13.1 Å². The summed E-state index contributed by atoms with van der Waals surface area (Å²) >= 11 is 10.9. The van der Waals surface area contributed by atoms with Gasteiger partial charge in [0.2, 0.25) is 0 Å². The van der Waals surface area contributed by atoms with E-state index in [9.17, 15) is 9.59 Å². The van der Waals surface area contributed by atoms with Crippen LogP contribution in [0.3, 0.4) is 0 Å². The fourth-order valence-electron chi connectivity index (χ4n) is 0.988. The van der Waals surface area contributed by atoms with Crippen LogP contribution in [0.15, 0.2) is 6.20 Å². The predicted octanol–water partition coefficient (Wildman–Crippen LogP) is 4.71. The second-order valence-electron chi connectivity index (χ2n) is 5.32. The van der Waals surface area contributed by atoms with Gasteiger partial charge in [-0.15, -0.1) is 0 Å². The lowest BCUT2D eigenvalue weighted by Crippen LogP contribution is -2.21. The number of hydrogen-bond acceptors (Lipinski definition) is 3. The maximum atomic E-state index is 10.0. The number of carbonyl (C=O) groups is 2. The average molecular weight is 351 g/mol. The number of nitrogens with zero attached hydrogens (tertiary/aromatic N) is 1. The highest BCUT2D eigenvalue weighted by Crippen LogP contribution is 2.26. The van der Waals surface area contributed by atoms with E-state index >= 15 is 0 Å². The number of alkyl halides is 2. The fraction of sp³-hybridized carbons (Fsp3) is 0.688. The molecule has 1 heterocycles. The normalized spacial score (nSPS) is 10.5. The summed E-state index contributed by atoms with van der Waals surface area (Å²) in [7, 11) is 0. The van der Waals surface area contributed by atoms with Crippen molar-refractivity contribution in [3.8, 4) is 0 Å². The van der Waals surface area contributed by atoms with Crippen LogP contribution in [0, 0.1) is 5.92 Å². The van der Waals surface area contributed by atoms with Crippen LogP contribution in [0.1, 0.15) is 65.4 Å². The Morgan fingerprint density at radius 2 is 1.73 bits per heavy atom. The Bertz CT molecular complexity index is 416. The number of rotatable bonds is 5. The molecule has 0 aliphatic carbocycles. The number of aryl methyl sites for hydroxylation is 1. The van der Waals surface area contributed by atoms with E-state index in [4.69, 9.17) is 23.2 Å². The largest absolute Gasteiger partial charge is 0.346 e. The number of aromatic amines is 1. The van der Waals surface area contributed by atoms with E-state index in [0.717, 1.165) is 18.5 Å². The highest BCUT2D eigenvalue weighted by atomic mass is 35.5. The summed E-state index contributed by atoms with van der Waals surface area (Å²) in [4.78, 5) is 26.6. The van der Waals surface area contributed by atoms with Crippen molar-refractivity contribution in [2.24, 2.45) is 5.92 Å². The van der Waals surface area contributed by atoms with E-state index < -0.39 is 4.33 Å². The lowest BCUT2D eigenvalue weighted by Gasteiger charge is -2.14. The van der Waals surface area contributed by atoms with Crippen molar-refractivity contribution in [3.05, 3.63) is 17.7 Å². The monoisotopic (exact) mass is 350 g/mol. The molecule has 0 unspecified atom stereocenters. The van der Waals surface area contributed by atoms with Gasteiger partial charge in [0.15, 0.2) is 10.6 Å². The van der Waals surface area contributed by atoms with Crippen LogP contribution in [0.2, 0.25) is 0 Å². The number of hydrogen-bond donors (Lipinski definition) is 1. The highest BCUT2D eigenvalue weighted by molar-refractivity contribution is 6.55. The summed E-state index contributed by atoms with van der Waals surface area (Å²) < 4.78 is -1.19.